The fraction of sp³-hybridized carbons (Fsp3) is 0.429. The number of nitrogens with one attached hydrogen (secondary N) is 1. The highest BCUT2D eigenvalue weighted by Gasteiger charge is 2.25. The topological polar surface area (TPSA) is 66.4 Å². The molecule has 104 valence electrons. The predicted molar refractivity (Wildman–Crippen MR) is 69.5 cm³/mol. The van der Waals surface area contributed by atoms with Crippen molar-refractivity contribution in [2.24, 2.45) is 5.92 Å². The van der Waals surface area contributed by atoms with Gasteiger partial charge in [-0.25, -0.2) is 9.18 Å². The molecule has 2 unspecified atom stereocenters. The van der Waals surface area contributed by atoms with E-state index in [0.717, 1.165) is 0 Å². The molecule has 4 nitrogen and oxygen atoms in total. The van der Waals surface area contributed by atoms with E-state index in [2.05, 4.69) is 5.32 Å². The van der Waals surface area contributed by atoms with Crippen LogP contribution in [0.15, 0.2) is 18.2 Å². The van der Waals surface area contributed by atoms with Gasteiger partial charge in [0, 0.05) is 5.56 Å². The molecule has 0 saturated heterocycles. The summed E-state index contributed by atoms with van der Waals surface area (Å²) in [6, 6.07) is 3.00. The molecule has 19 heavy (non-hydrogen) atoms. The summed E-state index contributed by atoms with van der Waals surface area (Å²) in [7, 11) is 0. The lowest BCUT2D eigenvalue weighted by molar-refractivity contribution is -0.140. The second-order valence-electron chi connectivity index (χ2n) is 4.64. The molecule has 0 fully saturated rings. The van der Waals surface area contributed by atoms with Crippen LogP contribution >= 0.6 is 0 Å². The molecule has 1 rings (SSSR count). The molecule has 0 aromatic heterocycles. The van der Waals surface area contributed by atoms with E-state index in [0.29, 0.717) is 12.0 Å². The number of benzene rings is 1. The molecule has 0 bridgehead atoms. The maximum Gasteiger partial charge on any atom is 0.326 e. The summed E-state index contributed by atoms with van der Waals surface area (Å²) in [5.41, 5.74) is 0.608. The highest BCUT2D eigenvalue weighted by atomic mass is 19.1. The van der Waals surface area contributed by atoms with Crippen molar-refractivity contribution < 1.29 is 19.1 Å². The van der Waals surface area contributed by atoms with Gasteiger partial charge in [-0.05, 0) is 36.6 Å². The van der Waals surface area contributed by atoms with Crippen molar-refractivity contribution >= 4 is 11.9 Å². The quantitative estimate of drug-likeness (QED) is 0.860. The molecular weight excluding hydrogens is 249 g/mol. The predicted octanol–water partition coefficient (Wildman–Crippen LogP) is 2.36. The Labute approximate surface area is 111 Å². The Hall–Kier alpha value is -1.91. The first-order chi connectivity index (χ1) is 8.86. The lowest BCUT2D eigenvalue weighted by atomic mass is 9.99. The number of rotatable bonds is 5. The zero-order valence-electron chi connectivity index (χ0n) is 11.2. The number of hydrogen-bond acceptors (Lipinski definition) is 2. The Kier molecular flexibility index (Phi) is 5.03. The number of aliphatic carboxylic acids is 1. The monoisotopic (exact) mass is 267 g/mol. The van der Waals surface area contributed by atoms with Crippen molar-refractivity contribution in [3.8, 4) is 0 Å². The minimum absolute atomic E-state index is 0.178. The summed E-state index contributed by atoms with van der Waals surface area (Å²) in [5, 5.41) is 11.6. The van der Waals surface area contributed by atoms with E-state index in [-0.39, 0.29) is 11.5 Å². The van der Waals surface area contributed by atoms with Gasteiger partial charge in [0.2, 0.25) is 0 Å². The van der Waals surface area contributed by atoms with Gasteiger partial charge in [-0.1, -0.05) is 20.3 Å². The van der Waals surface area contributed by atoms with Gasteiger partial charge >= 0.3 is 5.97 Å². The molecule has 0 radical (unpaired) electrons. The van der Waals surface area contributed by atoms with Crippen molar-refractivity contribution in [3.05, 3.63) is 35.1 Å². The summed E-state index contributed by atoms with van der Waals surface area (Å²) < 4.78 is 13.1. The summed E-state index contributed by atoms with van der Waals surface area (Å²) in [4.78, 5) is 23.1. The third kappa shape index (κ3) is 3.77. The van der Waals surface area contributed by atoms with Gasteiger partial charge in [0.15, 0.2) is 0 Å². The SMILES string of the molecule is CCC(C)C(NC(=O)c1ccc(F)c(C)c1)C(=O)O. The molecule has 0 aliphatic carbocycles. The smallest absolute Gasteiger partial charge is 0.326 e. The Bertz CT molecular complexity index is 488. The first-order valence-corrected chi connectivity index (χ1v) is 6.16. The molecule has 0 saturated carbocycles. The zero-order valence-corrected chi connectivity index (χ0v) is 11.2. The van der Waals surface area contributed by atoms with Crippen LogP contribution in [0.5, 0.6) is 0 Å². The van der Waals surface area contributed by atoms with Crippen LogP contribution in [0.1, 0.15) is 36.2 Å². The minimum Gasteiger partial charge on any atom is -0.480 e. The summed E-state index contributed by atoms with van der Waals surface area (Å²) in [6.45, 7) is 5.17. The first-order valence-electron chi connectivity index (χ1n) is 6.16. The Balaban J connectivity index is 2.87. The maximum absolute atomic E-state index is 13.1. The number of carboxylic acid groups (broad SMARTS) is 1. The van der Waals surface area contributed by atoms with Crippen LogP contribution in [0.25, 0.3) is 0 Å². The highest BCUT2D eigenvalue weighted by molar-refractivity contribution is 5.96. The van der Waals surface area contributed by atoms with Gasteiger partial charge < -0.3 is 10.4 Å². The van der Waals surface area contributed by atoms with Crippen LogP contribution in [-0.2, 0) is 4.79 Å². The fourth-order valence-corrected chi connectivity index (χ4v) is 1.69. The molecule has 1 aromatic carbocycles. The molecule has 1 aromatic rings. The minimum atomic E-state index is -1.07. The third-order valence-corrected chi connectivity index (χ3v) is 3.19. The lowest BCUT2D eigenvalue weighted by Gasteiger charge is -2.20. The van der Waals surface area contributed by atoms with Gasteiger partial charge in [-0.15, -0.1) is 0 Å². The second-order valence-corrected chi connectivity index (χ2v) is 4.64. The van der Waals surface area contributed by atoms with Crippen molar-refractivity contribution in [3.63, 3.8) is 0 Å². The highest BCUT2D eigenvalue weighted by Crippen LogP contribution is 2.12. The number of carbonyl (C=O) groups excluding carboxylic acids is 1. The van der Waals surface area contributed by atoms with E-state index in [1.54, 1.807) is 13.8 Å². The number of carbonyl (C=O) groups is 2. The average Bonchev–Trinajstić information content (AvgIpc) is 2.37. The van der Waals surface area contributed by atoms with Crippen molar-refractivity contribution in [1.82, 2.24) is 5.32 Å². The summed E-state index contributed by atoms with van der Waals surface area (Å²) in [6.07, 6.45) is 0.639. The number of amides is 1. The average molecular weight is 267 g/mol. The largest absolute Gasteiger partial charge is 0.480 e. The third-order valence-electron chi connectivity index (χ3n) is 3.19. The van der Waals surface area contributed by atoms with E-state index in [1.807, 2.05) is 6.92 Å². The van der Waals surface area contributed by atoms with Crippen LogP contribution < -0.4 is 5.32 Å². The standard InChI is InChI=1S/C14H18FNO3/c1-4-8(2)12(14(18)19)16-13(17)10-5-6-11(15)9(3)7-10/h5-8,12H,4H2,1-3H3,(H,16,17)(H,18,19). The van der Waals surface area contributed by atoms with E-state index < -0.39 is 23.7 Å². The normalized spacial score (nSPS) is 13.7. The van der Waals surface area contributed by atoms with Crippen molar-refractivity contribution in [2.75, 3.05) is 0 Å². The molecular formula is C14H18FNO3. The maximum atomic E-state index is 13.1. The molecule has 0 heterocycles. The second kappa shape index (κ2) is 6.31. The van der Waals surface area contributed by atoms with Crippen LogP contribution in [-0.4, -0.2) is 23.0 Å². The van der Waals surface area contributed by atoms with Gasteiger partial charge in [0.25, 0.3) is 5.91 Å². The number of aryl methyl sites for hydroxylation is 1. The molecule has 2 N–H and O–H groups in total. The molecule has 5 heteroatoms. The Morgan fingerprint density at radius 3 is 2.53 bits per heavy atom. The van der Waals surface area contributed by atoms with E-state index in [4.69, 9.17) is 5.11 Å². The first kappa shape index (κ1) is 15.1. The fourth-order valence-electron chi connectivity index (χ4n) is 1.69. The molecule has 2 atom stereocenters. The Morgan fingerprint density at radius 1 is 1.42 bits per heavy atom. The number of halogens is 1. The van der Waals surface area contributed by atoms with Crippen molar-refractivity contribution in [1.29, 1.82) is 0 Å². The van der Waals surface area contributed by atoms with Gasteiger partial charge in [0.1, 0.15) is 11.9 Å². The molecule has 1 amide bonds. The van der Waals surface area contributed by atoms with Crippen LogP contribution in [0.2, 0.25) is 0 Å². The summed E-state index contributed by atoms with van der Waals surface area (Å²) >= 11 is 0. The van der Waals surface area contributed by atoms with E-state index in [9.17, 15) is 14.0 Å². The molecule has 0 aliphatic heterocycles. The Morgan fingerprint density at radius 2 is 2.05 bits per heavy atom. The number of carboxylic acids is 1. The van der Waals surface area contributed by atoms with Gasteiger partial charge in [-0.3, -0.25) is 4.79 Å². The van der Waals surface area contributed by atoms with E-state index in [1.165, 1.54) is 18.2 Å². The van der Waals surface area contributed by atoms with Crippen molar-refractivity contribution in [2.45, 2.75) is 33.2 Å². The molecule has 0 aliphatic rings. The number of hydrogen-bond donors (Lipinski definition) is 2. The van der Waals surface area contributed by atoms with E-state index >= 15 is 0 Å². The molecule has 0 spiro atoms. The zero-order chi connectivity index (χ0) is 14.6. The van der Waals surface area contributed by atoms with Gasteiger partial charge in [0.05, 0.1) is 0 Å². The van der Waals surface area contributed by atoms with Crippen LogP contribution in [0, 0.1) is 18.7 Å². The van der Waals surface area contributed by atoms with Gasteiger partial charge in [-0.2, -0.15) is 0 Å². The summed E-state index contributed by atoms with van der Waals surface area (Å²) in [5.74, 6) is -2.14. The van der Waals surface area contributed by atoms with Crippen LogP contribution in [0.4, 0.5) is 4.39 Å². The lowest BCUT2D eigenvalue weighted by Crippen LogP contribution is -2.45. The van der Waals surface area contributed by atoms with Crippen LogP contribution in [0.3, 0.4) is 0 Å².